The van der Waals surface area contributed by atoms with Crippen molar-refractivity contribution < 1.29 is 9.53 Å². The van der Waals surface area contributed by atoms with Gasteiger partial charge in [0.15, 0.2) is 0 Å². The summed E-state index contributed by atoms with van der Waals surface area (Å²) in [6.45, 7) is 17.2. The third-order valence-corrected chi connectivity index (χ3v) is 6.40. The zero-order valence-corrected chi connectivity index (χ0v) is 21.5. The lowest BCUT2D eigenvalue weighted by Gasteiger charge is -2.20. The molecule has 1 fully saturated rings. The van der Waals surface area contributed by atoms with Gasteiger partial charge >= 0.3 is 0 Å². The van der Waals surface area contributed by atoms with Crippen molar-refractivity contribution >= 4 is 25.5 Å². The molecule has 0 aliphatic carbocycles. The van der Waals surface area contributed by atoms with E-state index in [1.165, 1.54) is 12.1 Å². The van der Waals surface area contributed by atoms with Gasteiger partial charge in [-0.1, -0.05) is 61.9 Å². The Labute approximate surface area is 196 Å². The minimum Gasteiger partial charge on any atom is -0.375 e. The van der Waals surface area contributed by atoms with Gasteiger partial charge in [0.25, 0.3) is 5.91 Å². The summed E-state index contributed by atoms with van der Waals surface area (Å²) in [4.78, 5) is 18.6. The third-order valence-electron chi connectivity index (χ3n) is 5.00. The molecule has 1 aromatic carbocycles. The second-order valence-electron chi connectivity index (χ2n) is 7.19. The minimum atomic E-state index is -0.144. The Kier molecular flexibility index (Phi) is 13.5. The summed E-state index contributed by atoms with van der Waals surface area (Å²) in [6.07, 6.45) is 4.47. The van der Waals surface area contributed by atoms with Crippen molar-refractivity contribution in [1.29, 1.82) is 0 Å². The first-order chi connectivity index (χ1) is 15.6. The number of rotatable bonds is 8. The molecule has 3 rings (SSSR count). The van der Waals surface area contributed by atoms with Gasteiger partial charge in [-0.2, -0.15) is 0 Å². The normalized spacial score (nSPS) is 15.9. The quantitative estimate of drug-likeness (QED) is 0.492. The maximum absolute atomic E-state index is 12.2. The van der Waals surface area contributed by atoms with Crippen molar-refractivity contribution in [2.45, 2.75) is 46.9 Å². The maximum Gasteiger partial charge on any atom is 0.252 e. The zero-order chi connectivity index (χ0) is 23.9. The molecule has 3 unspecified atom stereocenters. The highest BCUT2D eigenvalue weighted by atomic mass is 31.1. The highest BCUT2D eigenvalue weighted by molar-refractivity contribution is 7.51. The molecular formula is C26H40N3O2P. The van der Waals surface area contributed by atoms with Crippen molar-refractivity contribution in [2.24, 2.45) is 5.92 Å². The maximum atomic E-state index is 12.2. The second kappa shape index (κ2) is 15.6. The number of benzene rings is 1. The molecule has 0 radical (unpaired) electrons. The number of hydrogen-bond donors (Lipinski definition) is 1. The molecule has 3 atom stereocenters. The molecule has 2 heterocycles. The fourth-order valence-electron chi connectivity index (χ4n) is 3.30. The summed E-state index contributed by atoms with van der Waals surface area (Å²) in [7, 11) is 2.04. The van der Waals surface area contributed by atoms with Crippen molar-refractivity contribution in [3.8, 4) is 0 Å². The molecule has 1 aromatic heterocycles. The number of ether oxygens (including phenoxy) is 1. The number of methoxy groups -OCH3 is 1. The molecule has 1 aliphatic rings. The number of aromatic nitrogens is 1. The molecule has 1 saturated heterocycles. The topological polar surface area (TPSA) is 54.5 Å². The first kappa shape index (κ1) is 27.8. The van der Waals surface area contributed by atoms with Gasteiger partial charge < -0.3 is 15.0 Å². The van der Waals surface area contributed by atoms with E-state index < -0.39 is 0 Å². The number of hydrogen-bond acceptors (Lipinski definition) is 4. The average molecular weight is 458 g/mol. The standard InChI is InChI=1S/C22H28N3O2P.2C2H6/c1-16-10-12-25(15-16)20-8-6-18(7-9-20)17(2)28-21(27-3)14-24-22(26)19-5-4-11-23-13-19;2*1-2/h4-9,11,13,16,21,28H,2,10,12,14-15H2,1,3H3,(H,24,26);2*1-2H3. The van der Waals surface area contributed by atoms with Gasteiger partial charge in [0, 0.05) is 44.8 Å². The first-order valence-electron chi connectivity index (χ1n) is 11.6. The Balaban J connectivity index is 0.00000121. The largest absolute Gasteiger partial charge is 0.375 e. The van der Waals surface area contributed by atoms with Crippen LogP contribution in [0.3, 0.4) is 0 Å². The number of carbonyl (C=O) groups excluding carboxylic acids is 1. The molecule has 0 spiro atoms. The van der Waals surface area contributed by atoms with Crippen molar-refractivity contribution in [3.63, 3.8) is 0 Å². The number of pyridine rings is 1. The summed E-state index contributed by atoms with van der Waals surface area (Å²) in [5.74, 6) is 0.516. The van der Waals surface area contributed by atoms with Crippen LogP contribution in [0.1, 0.15) is 57.0 Å². The van der Waals surface area contributed by atoms with Gasteiger partial charge in [0.2, 0.25) is 0 Å². The molecule has 2 aromatic rings. The molecule has 0 bridgehead atoms. The smallest absolute Gasteiger partial charge is 0.252 e. The fourth-order valence-corrected chi connectivity index (χ4v) is 4.34. The Morgan fingerprint density at radius 2 is 1.91 bits per heavy atom. The number of nitrogens with zero attached hydrogens (tertiary/aromatic N) is 2. The van der Waals surface area contributed by atoms with Crippen LogP contribution in [0.2, 0.25) is 0 Å². The summed E-state index contributed by atoms with van der Waals surface area (Å²) in [5.41, 5.74) is 2.94. The van der Waals surface area contributed by atoms with Gasteiger partial charge in [-0.05, 0) is 47.5 Å². The molecule has 5 nitrogen and oxygen atoms in total. The highest BCUT2D eigenvalue weighted by Crippen LogP contribution is 2.37. The predicted molar refractivity (Wildman–Crippen MR) is 140 cm³/mol. The lowest BCUT2D eigenvalue weighted by molar-refractivity contribution is 0.0925. The van der Waals surface area contributed by atoms with Crippen molar-refractivity contribution in [3.05, 3.63) is 66.5 Å². The molecule has 32 heavy (non-hydrogen) atoms. The van der Waals surface area contributed by atoms with Gasteiger partial charge in [-0.3, -0.25) is 9.78 Å². The van der Waals surface area contributed by atoms with Crippen LogP contribution in [0.4, 0.5) is 5.69 Å². The van der Waals surface area contributed by atoms with E-state index in [1.807, 2.05) is 27.7 Å². The van der Waals surface area contributed by atoms with Crippen LogP contribution in [0, 0.1) is 5.92 Å². The Morgan fingerprint density at radius 3 is 2.44 bits per heavy atom. The second-order valence-corrected chi connectivity index (χ2v) is 8.72. The molecule has 1 N–H and O–H groups in total. The van der Waals surface area contributed by atoms with Crippen LogP contribution in [-0.2, 0) is 4.74 Å². The predicted octanol–water partition coefficient (Wildman–Crippen LogP) is 6.03. The Bertz CT molecular complexity index is 796. The minimum absolute atomic E-state index is 0.104. The monoisotopic (exact) mass is 457 g/mol. The summed E-state index contributed by atoms with van der Waals surface area (Å²) >= 11 is 0. The number of nitrogens with one attached hydrogen (secondary N) is 1. The van der Waals surface area contributed by atoms with Gasteiger partial charge in [-0.15, -0.1) is 0 Å². The highest BCUT2D eigenvalue weighted by Gasteiger charge is 2.19. The number of amides is 1. The van der Waals surface area contributed by atoms with Crippen LogP contribution >= 0.6 is 8.58 Å². The van der Waals surface area contributed by atoms with Gasteiger partial charge in [-0.25, -0.2) is 0 Å². The van der Waals surface area contributed by atoms with E-state index in [0.29, 0.717) is 20.7 Å². The van der Waals surface area contributed by atoms with E-state index in [1.54, 1.807) is 31.6 Å². The van der Waals surface area contributed by atoms with Crippen LogP contribution in [0.15, 0.2) is 55.4 Å². The summed E-state index contributed by atoms with van der Waals surface area (Å²) in [6, 6.07) is 12.1. The molecular weight excluding hydrogens is 417 g/mol. The van der Waals surface area contributed by atoms with Gasteiger partial charge in [0.05, 0.1) is 11.4 Å². The van der Waals surface area contributed by atoms with Crippen LogP contribution < -0.4 is 10.2 Å². The first-order valence-corrected chi connectivity index (χ1v) is 12.7. The zero-order valence-electron chi connectivity index (χ0n) is 20.5. The van der Waals surface area contributed by atoms with Crippen molar-refractivity contribution in [2.75, 3.05) is 31.6 Å². The van der Waals surface area contributed by atoms with E-state index in [-0.39, 0.29) is 11.8 Å². The average Bonchev–Trinajstić information content (AvgIpc) is 3.30. The lowest BCUT2D eigenvalue weighted by atomic mass is 10.2. The van der Waals surface area contributed by atoms with E-state index in [0.717, 1.165) is 29.9 Å². The molecule has 176 valence electrons. The molecule has 1 aliphatic heterocycles. The third kappa shape index (κ3) is 8.72. The van der Waals surface area contributed by atoms with Crippen LogP contribution in [-0.4, -0.2) is 43.5 Å². The molecule has 6 heteroatoms. The van der Waals surface area contributed by atoms with E-state index >= 15 is 0 Å². The molecule has 1 amide bonds. The molecule has 0 saturated carbocycles. The fraction of sp³-hybridized carbons (Fsp3) is 0.462. The van der Waals surface area contributed by atoms with E-state index in [2.05, 4.69) is 53.0 Å². The lowest BCUT2D eigenvalue weighted by Crippen LogP contribution is -2.31. The van der Waals surface area contributed by atoms with E-state index in [9.17, 15) is 4.79 Å². The van der Waals surface area contributed by atoms with Crippen LogP contribution in [0.5, 0.6) is 0 Å². The van der Waals surface area contributed by atoms with Crippen LogP contribution in [0.25, 0.3) is 5.31 Å². The summed E-state index contributed by atoms with van der Waals surface area (Å²) < 4.78 is 5.56. The van der Waals surface area contributed by atoms with Gasteiger partial charge in [0.1, 0.15) is 0 Å². The Morgan fingerprint density at radius 1 is 1.22 bits per heavy atom. The van der Waals surface area contributed by atoms with E-state index in [4.69, 9.17) is 4.74 Å². The Hall–Kier alpha value is -2.23. The van der Waals surface area contributed by atoms with Crippen molar-refractivity contribution in [1.82, 2.24) is 10.3 Å². The number of anilines is 1. The SMILES string of the molecule is C=C(PC(CNC(=O)c1cccnc1)OC)c1ccc(N2CCC(C)C2)cc1.CC.CC. The summed E-state index contributed by atoms with van der Waals surface area (Å²) in [5, 5.41) is 3.94. The number of carbonyl (C=O) groups is 1.